The number of carbonyl (C=O) groups is 1. The zero-order valence-electron chi connectivity index (χ0n) is 14.2. The van der Waals surface area contributed by atoms with Gasteiger partial charge in [0, 0.05) is 22.3 Å². The summed E-state index contributed by atoms with van der Waals surface area (Å²) in [6, 6.07) is 7.03. The fourth-order valence-electron chi connectivity index (χ4n) is 2.21. The van der Waals surface area contributed by atoms with Crippen molar-refractivity contribution in [1.29, 1.82) is 0 Å². The average molecular weight is 445 g/mol. The van der Waals surface area contributed by atoms with Crippen LogP contribution in [0.25, 0.3) is 0 Å². The monoisotopic (exact) mass is 444 g/mol. The van der Waals surface area contributed by atoms with Gasteiger partial charge in [-0.3, -0.25) is 4.79 Å². The molecule has 0 fully saturated rings. The van der Waals surface area contributed by atoms with Gasteiger partial charge < -0.3 is 19.5 Å². The van der Waals surface area contributed by atoms with E-state index in [1.54, 1.807) is 12.1 Å². The summed E-state index contributed by atoms with van der Waals surface area (Å²) in [5.74, 6) is 0.557. The molecule has 0 saturated carbocycles. The fraction of sp³-hybridized carbons (Fsp3) is 0.188. The molecule has 10 heteroatoms. The van der Waals surface area contributed by atoms with Crippen LogP contribution in [0.3, 0.4) is 0 Å². The predicted molar refractivity (Wildman–Crippen MR) is 99.6 cm³/mol. The first-order chi connectivity index (χ1) is 12.2. The van der Waals surface area contributed by atoms with Crippen molar-refractivity contribution in [3.05, 3.63) is 40.4 Å². The Hall–Kier alpha value is -2.30. The molecule has 8 nitrogen and oxygen atoms in total. The Morgan fingerprint density at radius 3 is 2.08 bits per heavy atom. The average Bonchev–Trinajstić information content (AvgIpc) is 2.59. The van der Waals surface area contributed by atoms with Crippen molar-refractivity contribution >= 4 is 37.5 Å². The maximum Gasteiger partial charge on any atom is 0.256 e. The molecule has 2 aromatic carbocycles. The topological polar surface area (TPSA) is 117 Å². The number of carbonyl (C=O) groups excluding carboxylic acids is 1. The fourth-order valence-corrected chi connectivity index (χ4v) is 3.17. The van der Waals surface area contributed by atoms with E-state index in [1.165, 1.54) is 39.5 Å². The summed E-state index contributed by atoms with van der Waals surface area (Å²) in [6.45, 7) is 0. The quantitative estimate of drug-likeness (QED) is 0.705. The standard InChI is InChI=1S/C16H17BrN2O6S/c1-23-13-6-9(7-14(24-2)15(13)25-3)19-16(20)11-8-10(26(18,21)22)4-5-12(11)17/h4-8H,1-3H3,(H,19,20)(H2,18,21,22). The van der Waals surface area contributed by atoms with Crippen molar-refractivity contribution in [2.24, 2.45) is 5.14 Å². The number of benzene rings is 2. The lowest BCUT2D eigenvalue weighted by molar-refractivity contribution is 0.102. The molecule has 0 spiro atoms. The summed E-state index contributed by atoms with van der Waals surface area (Å²) in [4.78, 5) is 12.4. The number of hydrogen-bond donors (Lipinski definition) is 2. The zero-order chi connectivity index (χ0) is 19.5. The van der Waals surface area contributed by atoms with E-state index in [0.29, 0.717) is 27.4 Å². The van der Waals surface area contributed by atoms with Gasteiger partial charge in [-0.25, -0.2) is 13.6 Å². The largest absolute Gasteiger partial charge is 0.493 e. The van der Waals surface area contributed by atoms with Crippen LogP contribution in [0.15, 0.2) is 39.7 Å². The minimum absolute atomic E-state index is 0.102. The summed E-state index contributed by atoms with van der Waals surface area (Å²) >= 11 is 3.22. The summed E-state index contributed by atoms with van der Waals surface area (Å²) < 4.78 is 39.1. The number of amides is 1. The molecule has 0 aliphatic rings. The number of nitrogens with one attached hydrogen (secondary N) is 1. The van der Waals surface area contributed by atoms with Crippen molar-refractivity contribution in [2.75, 3.05) is 26.6 Å². The minimum Gasteiger partial charge on any atom is -0.493 e. The van der Waals surface area contributed by atoms with Crippen LogP contribution < -0.4 is 24.7 Å². The molecule has 2 rings (SSSR count). The van der Waals surface area contributed by atoms with Gasteiger partial charge in [-0.05, 0) is 34.1 Å². The summed E-state index contributed by atoms with van der Waals surface area (Å²) in [7, 11) is 0.437. The Morgan fingerprint density at radius 1 is 1.04 bits per heavy atom. The predicted octanol–water partition coefficient (Wildman–Crippen LogP) is 2.37. The molecule has 0 aromatic heterocycles. The van der Waals surface area contributed by atoms with Gasteiger partial charge in [0.15, 0.2) is 11.5 Å². The molecule has 0 unspecified atom stereocenters. The van der Waals surface area contributed by atoms with Gasteiger partial charge in [0.05, 0.1) is 31.8 Å². The highest BCUT2D eigenvalue weighted by Gasteiger charge is 2.18. The molecule has 140 valence electrons. The van der Waals surface area contributed by atoms with Crippen LogP contribution in [0.4, 0.5) is 5.69 Å². The van der Waals surface area contributed by atoms with E-state index in [1.807, 2.05) is 0 Å². The number of sulfonamides is 1. The number of ether oxygens (including phenoxy) is 3. The maximum atomic E-state index is 12.6. The molecule has 0 aliphatic carbocycles. The molecule has 0 saturated heterocycles. The Morgan fingerprint density at radius 2 is 1.62 bits per heavy atom. The van der Waals surface area contributed by atoms with Crippen molar-refractivity contribution < 1.29 is 27.4 Å². The highest BCUT2D eigenvalue weighted by molar-refractivity contribution is 9.10. The smallest absolute Gasteiger partial charge is 0.256 e. The third-order valence-electron chi connectivity index (χ3n) is 3.43. The first-order valence-corrected chi connectivity index (χ1v) is 9.49. The Balaban J connectivity index is 2.42. The van der Waals surface area contributed by atoms with Gasteiger partial charge in [0.25, 0.3) is 5.91 Å². The number of anilines is 1. The molecule has 0 atom stereocenters. The van der Waals surface area contributed by atoms with E-state index in [4.69, 9.17) is 19.3 Å². The number of hydrogen-bond acceptors (Lipinski definition) is 6. The number of nitrogens with two attached hydrogens (primary N) is 1. The second kappa shape index (κ2) is 7.94. The second-order valence-electron chi connectivity index (χ2n) is 5.05. The van der Waals surface area contributed by atoms with Gasteiger partial charge >= 0.3 is 0 Å². The molecule has 0 aliphatic heterocycles. The molecule has 0 radical (unpaired) electrons. The van der Waals surface area contributed by atoms with E-state index in [-0.39, 0.29) is 10.5 Å². The van der Waals surface area contributed by atoms with Crippen LogP contribution in [-0.4, -0.2) is 35.7 Å². The van der Waals surface area contributed by atoms with Gasteiger partial charge in [0.2, 0.25) is 15.8 Å². The van der Waals surface area contributed by atoms with E-state index in [0.717, 1.165) is 0 Å². The van der Waals surface area contributed by atoms with Crippen LogP contribution >= 0.6 is 15.9 Å². The van der Waals surface area contributed by atoms with Gasteiger partial charge in [0.1, 0.15) is 0 Å². The van der Waals surface area contributed by atoms with E-state index in [2.05, 4.69) is 21.2 Å². The highest BCUT2D eigenvalue weighted by Crippen LogP contribution is 2.40. The van der Waals surface area contributed by atoms with Crippen LogP contribution in [0.2, 0.25) is 0 Å². The van der Waals surface area contributed by atoms with Gasteiger partial charge in [-0.1, -0.05) is 0 Å². The van der Waals surface area contributed by atoms with Crippen LogP contribution in [0.5, 0.6) is 17.2 Å². The molecular weight excluding hydrogens is 428 g/mol. The third kappa shape index (κ3) is 4.26. The normalized spacial score (nSPS) is 11.0. The van der Waals surface area contributed by atoms with E-state index in [9.17, 15) is 13.2 Å². The molecule has 0 bridgehead atoms. The van der Waals surface area contributed by atoms with E-state index < -0.39 is 15.9 Å². The van der Waals surface area contributed by atoms with Gasteiger partial charge in [-0.2, -0.15) is 0 Å². The van der Waals surface area contributed by atoms with Crippen molar-refractivity contribution in [3.63, 3.8) is 0 Å². The lowest BCUT2D eigenvalue weighted by Crippen LogP contribution is -2.16. The van der Waals surface area contributed by atoms with E-state index >= 15 is 0 Å². The summed E-state index contributed by atoms with van der Waals surface area (Å²) in [6.07, 6.45) is 0. The summed E-state index contributed by atoms with van der Waals surface area (Å²) in [5.41, 5.74) is 0.475. The first-order valence-electron chi connectivity index (χ1n) is 7.15. The molecular formula is C16H17BrN2O6S. The van der Waals surface area contributed by atoms with Crippen molar-refractivity contribution in [3.8, 4) is 17.2 Å². The second-order valence-corrected chi connectivity index (χ2v) is 7.47. The number of halogens is 1. The Labute approximate surface area is 159 Å². The lowest BCUT2D eigenvalue weighted by Gasteiger charge is -2.15. The summed E-state index contributed by atoms with van der Waals surface area (Å²) in [5, 5.41) is 7.77. The minimum atomic E-state index is -3.94. The number of primary sulfonamides is 1. The molecule has 2 aromatic rings. The third-order valence-corrected chi connectivity index (χ3v) is 5.04. The lowest BCUT2D eigenvalue weighted by atomic mass is 10.2. The molecule has 1 amide bonds. The molecule has 3 N–H and O–H groups in total. The maximum absolute atomic E-state index is 12.6. The Bertz CT molecular complexity index is 921. The molecule has 0 heterocycles. The zero-order valence-corrected chi connectivity index (χ0v) is 16.6. The first kappa shape index (κ1) is 20.0. The van der Waals surface area contributed by atoms with Gasteiger partial charge in [-0.15, -0.1) is 0 Å². The molecule has 26 heavy (non-hydrogen) atoms. The van der Waals surface area contributed by atoms with Crippen molar-refractivity contribution in [2.45, 2.75) is 4.90 Å². The Kier molecular flexibility index (Phi) is 6.11. The number of rotatable bonds is 6. The van der Waals surface area contributed by atoms with Crippen LogP contribution in [0, 0.1) is 0 Å². The van der Waals surface area contributed by atoms with Crippen LogP contribution in [-0.2, 0) is 10.0 Å². The van der Waals surface area contributed by atoms with Crippen molar-refractivity contribution in [1.82, 2.24) is 0 Å². The van der Waals surface area contributed by atoms with Crippen LogP contribution in [0.1, 0.15) is 10.4 Å². The number of methoxy groups -OCH3 is 3. The highest BCUT2D eigenvalue weighted by atomic mass is 79.9. The SMILES string of the molecule is COc1cc(NC(=O)c2cc(S(N)(=O)=O)ccc2Br)cc(OC)c1OC.